The molecule has 0 saturated heterocycles. The number of hydrogen-bond donors (Lipinski definition) is 1. The molecule has 1 aromatic rings. The zero-order valence-corrected chi connectivity index (χ0v) is 6.52. The lowest BCUT2D eigenvalue weighted by molar-refractivity contribution is 0.367. The largest absolute Gasteiger partial charge is 0.468 e. The van der Waals surface area contributed by atoms with E-state index in [4.69, 9.17) is 23.4 Å². The number of nitrogens with one attached hydrogen (secondary N) is 1. The predicted octanol–water partition coefficient (Wildman–Crippen LogP) is 0.735. The van der Waals surface area contributed by atoms with Gasteiger partial charge in [0.2, 0.25) is 5.05 Å². The molecule has 0 unspecified atom stereocenters. The van der Waals surface area contributed by atoms with Gasteiger partial charge in [-0.05, 0) is 12.2 Å². The summed E-state index contributed by atoms with van der Waals surface area (Å²) in [6, 6.07) is 0. The highest BCUT2D eigenvalue weighted by molar-refractivity contribution is 7.80. The van der Waals surface area contributed by atoms with Crippen LogP contribution in [0.15, 0.2) is 12.4 Å². The van der Waals surface area contributed by atoms with Gasteiger partial charge in [0, 0.05) is 12.4 Å². The zero-order valence-electron chi connectivity index (χ0n) is 5.70. The first-order valence-electron chi connectivity index (χ1n) is 2.94. The van der Waals surface area contributed by atoms with Gasteiger partial charge in [-0.1, -0.05) is 5.92 Å². The number of aromatic amines is 1. The first-order chi connectivity index (χ1) is 5.34. The van der Waals surface area contributed by atoms with Crippen molar-refractivity contribution in [2.75, 3.05) is 6.61 Å². The summed E-state index contributed by atoms with van der Waals surface area (Å²) in [6.07, 6.45) is 8.23. The molecule has 0 spiro atoms. The molecule has 0 amide bonds. The standard InChI is InChI=1S/C7H6N2OS/c1-2-5-10-7(11)6-8-3-4-9-6/h1,3-4H,5H2,(H,8,9). The molecular weight excluding hydrogens is 160 g/mol. The maximum Gasteiger partial charge on any atom is 0.228 e. The van der Waals surface area contributed by atoms with Crippen LogP contribution in [0.3, 0.4) is 0 Å². The van der Waals surface area contributed by atoms with Crippen LogP contribution >= 0.6 is 12.2 Å². The Balaban J connectivity index is 2.51. The molecule has 3 nitrogen and oxygen atoms in total. The Labute approximate surface area is 69.8 Å². The van der Waals surface area contributed by atoms with E-state index in [-0.39, 0.29) is 6.61 Å². The van der Waals surface area contributed by atoms with Crippen molar-refractivity contribution in [1.29, 1.82) is 0 Å². The third-order valence-electron chi connectivity index (χ3n) is 0.978. The summed E-state index contributed by atoms with van der Waals surface area (Å²) in [5.41, 5.74) is 0. The second-order valence-corrected chi connectivity index (χ2v) is 2.09. The van der Waals surface area contributed by atoms with Gasteiger partial charge in [0.15, 0.2) is 5.82 Å². The zero-order chi connectivity index (χ0) is 8.10. The molecule has 0 aliphatic heterocycles. The topological polar surface area (TPSA) is 37.9 Å². The number of thiocarbonyl (C=S) groups is 1. The minimum atomic E-state index is 0.180. The van der Waals surface area contributed by atoms with E-state index >= 15 is 0 Å². The molecule has 11 heavy (non-hydrogen) atoms. The molecule has 0 fully saturated rings. The summed E-state index contributed by atoms with van der Waals surface area (Å²) in [7, 11) is 0. The highest BCUT2D eigenvalue weighted by Crippen LogP contribution is 1.93. The molecule has 1 heterocycles. The maximum atomic E-state index is 4.96. The molecule has 1 N–H and O–H groups in total. The van der Waals surface area contributed by atoms with Gasteiger partial charge in [0.25, 0.3) is 0 Å². The van der Waals surface area contributed by atoms with Gasteiger partial charge in [0.05, 0.1) is 0 Å². The van der Waals surface area contributed by atoms with E-state index in [0.29, 0.717) is 10.9 Å². The van der Waals surface area contributed by atoms with E-state index in [1.165, 1.54) is 0 Å². The summed E-state index contributed by atoms with van der Waals surface area (Å²) < 4.78 is 4.94. The highest BCUT2D eigenvalue weighted by atomic mass is 32.1. The van der Waals surface area contributed by atoms with Crippen molar-refractivity contribution in [1.82, 2.24) is 9.97 Å². The van der Waals surface area contributed by atoms with E-state index in [0.717, 1.165) is 0 Å². The summed E-state index contributed by atoms with van der Waals surface area (Å²) in [5.74, 6) is 2.85. The Hall–Kier alpha value is -1.34. The predicted molar refractivity (Wildman–Crippen MR) is 45.1 cm³/mol. The number of aromatic nitrogens is 2. The molecule has 4 heteroatoms. The number of terminal acetylenes is 1. The van der Waals surface area contributed by atoms with Crippen LogP contribution in [0.4, 0.5) is 0 Å². The number of imidazole rings is 1. The SMILES string of the molecule is C#CCOC(=S)c1ncc[nH]1. The molecule has 0 saturated carbocycles. The molecular formula is C7H6N2OS. The van der Waals surface area contributed by atoms with Crippen LogP contribution in [0.2, 0.25) is 0 Å². The Bertz CT molecular complexity index is 273. The highest BCUT2D eigenvalue weighted by Gasteiger charge is 2.01. The average molecular weight is 166 g/mol. The first kappa shape index (κ1) is 7.76. The molecule has 56 valence electrons. The van der Waals surface area contributed by atoms with Crippen LogP contribution in [0.1, 0.15) is 5.82 Å². The van der Waals surface area contributed by atoms with Crippen LogP contribution in [-0.4, -0.2) is 21.6 Å². The molecule has 0 atom stereocenters. The second-order valence-electron chi connectivity index (χ2n) is 1.72. The molecule has 1 rings (SSSR count). The van der Waals surface area contributed by atoms with Crippen molar-refractivity contribution in [2.24, 2.45) is 0 Å². The minimum absolute atomic E-state index is 0.180. The van der Waals surface area contributed by atoms with E-state index in [9.17, 15) is 0 Å². The van der Waals surface area contributed by atoms with Crippen molar-refractivity contribution in [3.05, 3.63) is 18.2 Å². The molecule has 0 radical (unpaired) electrons. The quantitative estimate of drug-likeness (QED) is 0.520. The van der Waals surface area contributed by atoms with Gasteiger partial charge in [-0.2, -0.15) is 0 Å². The monoisotopic (exact) mass is 166 g/mol. The van der Waals surface area contributed by atoms with E-state index in [1.807, 2.05) is 0 Å². The fraction of sp³-hybridized carbons (Fsp3) is 0.143. The lowest BCUT2D eigenvalue weighted by Crippen LogP contribution is -2.05. The molecule has 1 aromatic heterocycles. The van der Waals surface area contributed by atoms with Gasteiger partial charge in [-0.3, -0.25) is 0 Å². The fourth-order valence-electron chi connectivity index (χ4n) is 0.552. The third kappa shape index (κ3) is 2.06. The Morgan fingerprint density at radius 2 is 2.73 bits per heavy atom. The smallest absolute Gasteiger partial charge is 0.228 e. The fourth-order valence-corrected chi connectivity index (χ4v) is 0.723. The minimum Gasteiger partial charge on any atom is -0.468 e. The Morgan fingerprint density at radius 1 is 1.91 bits per heavy atom. The summed E-state index contributed by atoms with van der Waals surface area (Å²) >= 11 is 4.83. The molecule has 0 aromatic carbocycles. The molecule has 0 aliphatic rings. The normalized spacial score (nSPS) is 8.64. The van der Waals surface area contributed by atoms with Gasteiger partial charge in [-0.25, -0.2) is 4.98 Å². The lowest BCUT2D eigenvalue weighted by atomic mass is 10.6. The maximum absolute atomic E-state index is 4.96. The van der Waals surface area contributed by atoms with E-state index in [1.54, 1.807) is 12.4 Å². The van der Waals surface area contributed by atoms with Crippen molar-refractivity contribution in [3.63, 3.8) is 0 Å². The van der Waals surface area contributed by atoms with Crippen LogP contribution in [0, 0.1) is 12.3 Å². The third-order valence-corrected chi connectivity index (χ3v) is 1.29. The second kappa shape index (κ2) is 3.74. The van der Waals surface area contributed by atoms with Crippen molar-refractivity contribution < 1.29 is 4.74 Å². The van der Waals surface area contributed by atoms with Crippen molar-refractivity contribution in [2.45, 2.75) is 0 Å². The van der Waals surface area contributed by atoms with Crippen LogP contribution < -0.4 is 0 Å². The van der Waals surface area contributed by atoms with E-state index < -0.39 is 0 Å². The Morgan fingerprint density at radius 3 is 3.27 bits per heavy atom. The van der Waals surface area contributed by atoms with Crippen LogP contribution in [0.25, 0.3) is 0 Å². The van der Waals surface area contributed by atoms with Crippen molar-refractivity contribution in [3.8, 4) is 12.3 Å². The van der Waals surface area contributed by atoms with Crippen LogP contribution in [-0.2, 0) is 4.74 Å². The summed E-state index contributed by atoms with van der Waals surface area (Å²) in [5, 5.41) is 0.299. The Kier molecular flexibility index (Phi) is 2.64. The number of hydrogen-bond acceptors (Lipinski definition) is 3. The number of ether oxygens (including phenoxy) is 1. The molecule has 0 bridgehead atoms. The van der Waals surface area contributed by atoms with Gasteiger partial charge in [0.1, 0.15) is 6.61 Å². The number of rotatable bonds is 2. The number of nitrogens with zero attached hydrogens (tertiary/aromatic N) is 1. The van der Waals surface area contributed by atoms with Crippen LogP contribution in [0.5, 0.6) is 0 Å². The summed E-state index contributed by atoms with van der Waals surface area (Å²) in [4.78, 5) is 6.68. The average Bonchev–Trinajstić information content (AvgIpc) is 2.52. The summed E-state index contributed by atoms with van der Waals surface area (Å²) in [6.45, 7) is 0.180. The van der Waals surface area contributed by atoms with Gasteiger partial charge in [-0.15, -0.1) is 6.42 Å². The van der Waals surface area contributed by atoms with E-state index in [2.05, 4.69) is 15.9 Å². The number of H-pyrrole nitrogens is 1. The molecule has 0 aliphatic carbocycles. The van der Waals surface area contributed by atoms with Crippen molar-refractivity contribution >= 4 is 17.3 Å². The van der Waals surface area contributed by atoms with Gasteiger partial charge >= 0.3 is 0 Å². The lowest BCUT2D eigenvalue weighted by Gasteiger charge is -1.98. The first-order valence-corrected chi connectivity index (χ1v) is 3.35. The van der Waals surface area contributed by atoms with Gasteiger partial charge < -0.3 is 9.72 Å².